The van der Waals surface area contributed by atoms with Crippen LogP contribution in [0.3, 0.4) is 0 Å². The summed E-state index contributed by atoms with van der Waals surface area (Å²) in [7, 11) is 0. The number of rotatable bonds is 2. The number of hydrogen-bond acceptors (Lipinski definition) is 2. The van der Waals surface area contributed by atoms with Gasteiger partial charge in [0, 0.05) is 24.0 Å². The fraction of sp³-hybridized carbons (Fsp3) is 0.455. The van der Waals surface area contributed by atoms with E-state index < -0.39 is 11.8 Å². The predicted octanol–water partition coefficient (Wildman–Crippen LogP) is 2.44. The molecule has 1 aliphatic heterocycles. The normalized spacial score (nSPS) is 19.5. The minimum absolute atomic E-state index is 0.127. The second-order valence-electron chi connectivity index (χ2n) is 4.02. The Hall–Kier alpha value is -0.590. The Balaban J connectivity index is 2.28. The molecule has 1 saturated heterocycles. The van der Waals surface area contributed by atoms with E-state index in [0.717, 1.165) is 0 Å². The molecular weight excluding hydrogens is 297 g/mol. The predicted molar refractivity (Wildman–Crippen MR) is 62.6 cm³/mol. The highest BCUT2D eigenvalue weighted by Crippen LogP contribution is 2.34. The van der Waals surface area contributed by atoms with Crippen LogP contribution in [-0.2, 0) is 6.42 Å². The zero-order chi connectivity index (χ0) is 12.5. The number of halogens is 4. The van der Waals surface area contributed by atoms with Crippen LogP contribution >= 0.6 is 15.9 Å². The van der Waals surface area contributed by atoms with E-state index in [0.29, 0.717) is 23.1 Å². The maximum Gasteiger partial charge on any atom is 0.420 e. The maximum atomic E-state index is 13.1. The quantitative estimate of drug-likeness (QED) is 0.877. The summed E-state index contributed by atoms with van der Waals surface area (Å²) in [6, 6.07) is 6.95. The highest BCUT2D eigenvalue weighted by molar-refractivity contribution is 9.10. The standard InChI is InChI=1S/C11H12BrF3N2/c12-9-4-2-1-3-8(9)7-10(11(13,14)15)16-5-6-17-10/h1-4,16-17H,5-7H2. The lowest BCUT2D eigenvalue weighted by Crippen LogP contribution is -2.62. The first-order valence-electron chi connectivity index (χ1n) is 5.25. The first-order valence-corrected chi connectivity index (χ1v) is 6.04. The van der Waals surface area contributed by atoms with Crippen molar-refractivity contribution in [2.45, 2.75) is 18.3 Å². The Morgan fingerprint density at radius 2 is 1.76 bits per heavy atom. The van der Waals surface area contributed by atoms with Gasteiger partial charge in [0.05, 0.1) is 0 Å². The lowest BCUT2D eigenvalue weighted by Gasteiger charge is -2.32. The minimum atomic E-state index is -4.32. The van der Waals surface area contributed by atoms with Crippen molar-refractivity contribution in [1.82, 2.24) is 10.6 Å². The van der Waals surface area contributed by atoms with Gasteiger partial charge in [-0.1, -0.05) is 34.1 Å². The Morgan fingerprint density at radius 1 is 1.18 bits per heavy atom. The lowest BCUT2D eigenvalue weighted by atomic mass is 10.00. The SMILES string of the molecule is FC(F)(F)C1(Cc2ccccc2Br)NCCN1. The number of nitrogens with one attached hydrogen (secondary N) is 2. The van der Waals surface area contributed by atoms with Gasteiger partial charge in [-0.2, -0.15) is 13.2 Å². The third-order valence-electron chi connectivity index (χ3n) is 2.88. The first kappa shape index (κ1) is 12.9. The summed E-state index contributed by atoms with van der Waals surface area (Å²) in [6.07, 6.45) is -4.45. The van der Waals surface area contributed by atoms with Crippen LogP contribution in [0.4, 0.5) is 13.2 Å². The highest BCUT2D eigenvalue weighted by atomic mass is 79.9. The van der Waals surface area contributed by atoms with Crippen LogP contribution in [0.2, 0.25) is 0 Å². The van der Waals surface area contributed by atoms with Crippen LogP contribution < -0.4 is 10.6 Å². The molecule has 1 aromatic carbocycles. The molecule has 0 spiro atoms. The second kappa shape index (κ2) is 4.59. The Kier molecular flexibility index (Phi) is 3.47. The molecule has 1 fully saturated rings. The van der Waals surface area contributed by atoms with E-state index in [9.17, 15) is 13.2 Å². The maximum absolute atomic E-state index is 13.1. The topological polar surface area (TPSA) is 24.1 Å². The van der Waals surface area contributed by atoms with Gasteiger partial charge in [0.2, 0.25) is 0 Å². The zero-order valence-electron chi connectivity index (χ0n) is 8.94. The van der Waals surface area contributed by atoms with Gasteiger partial charge < -0.3 is 0 Å². The fourth-order valence-corrected chi connectivity index (χ4v) is 2.39. The zero-order valence-corrected chi connectivity index (χ0v) is 10.5. The average Bonchev–Trinajstić information content (AvgIpc) is 2.70. The summed E-state index contributed by atoms with van der Waals surface area (Å²) in [5.74, 6) is 0. The van der Waals surface area contributed by atoms with Crippen LogP contribution in [-0.4, -0.2) is 24.9 Å². The molecule has 1 aliphatic rings. The Bertz CT molecular complexity index is 400. The molecule has 0 aliphatic carbocycles. The highest BCUT2D eigenvalue weighted by Gasteiger charge is 2.56. The minimum Gasteiger partial charge on any atom is -0.290 e. The van der Waals surface area contributed by atoms with E-state index in [1.807, 2.05) is 0 Å². The average molecular weight is 309 g/mol. The summed E-state index contributed by atoms with van der Waals surface area (Å²) in [5, 5.41) is 5.06. The van der Waals surface area contributed by atoms with Crippen molar-refractivity contribution in [3.05, 3.63) is 34.3 Å². The Morgan fingerprint density at radius 3 is 2.29 bits per heavy atom. The molecule has 6 heteroatoms. The van der Waals surface area contributed by atoms with Crippen LogP contribution in [0.15, 0.2) is 28.7 Å². The molecule has 1 aromatic rings. The van der Waals surface area contributed by atoms with Crippen molar-refractivity contribution in [3.63, 3.8) is 0 Å². The molecule has 0 atom stereocenters. The third kappa shape index (κ3) is 2.48. The van der Waals surface area contributed by atoms with Gasteiger partial charge in [-0.05, 0) is 11.6 Å². The molecule has 2 rings (SSSR count). The van der Waals surface area contributed by atoms with Crippen molar-refractivity contribution in [3.8, 4) is 0 Å². The van der Waals surface area contributed by atoms with Crippen molar-refractivity contribution in [1.29, 1.82) is 0 Å². The van der Waals surface area contributed by atoms with E-state index in [1.165, 1.54) is 0 Å². The van der Waals surface area contributed by atoms with Crippen LogP contribution in [0, 0.1) is 0 Å². The second-order valence-corrected chi connectivity index (χ2v) is 4.88. The molecule has 0 bridgehead atoms. The smallest absolute Gasteiger partial charge is 0.290 e. The van der Waals surface area contributed by atoms with Gasteiger partial charge in [0.15, 0.2) is 5.66 Å². The molecule has 2 N–H and O–H groups in total. The van der Waals surface area contributed by atoms with E-state index in [2.05, 4.69) is 26.6 Å². The van der Waals surface area contributed by atoms with Crippen molar-refractivity contribution in [2.75, 3.05) is 13.1 Å². The van der Waals surface area contributed by atoms with Crippen LogP contribution in [0.1, 0.15) is 5.56 Å². The molecular formula is C11H12BrF3N2. The number of hydrogen-bond donors (Lipinski definition) is 2. The molecule has 94 valence electrons. The number of alkyl halides is 3. The van der Waals surface area contributed by atoms with Gasteiger partial charge in [0.1, 0.15) is 0 Å². The van der Waals surface area contributed by atoms with Gasteiger partial charge in [-0.15, -0.1) is 0 Å². The van der Waals surface area contributed by atoms with Crippen molar-refractivity contribution in [2.24, 2.45) is 0 Å². The summed E-state index contributed by atoms with van der Waals surface area (Å²) in [4.78, 5) is 0. The molecule has 1 heterocycles. The van der Waals surface area contributed by atoms with Gasteiger partial charge in [-0.3, -0.25) is 10.6 Å². The summed E-state index contributed by atoms with van der Waals surface area (Å²) in [5.41, 5.74) is -1.37. The van der Waals surface area contributed by atoms with E-state index >= 15 is 0 Å². The molecule has 0 aromatic heterocycles. The summed E-state index contributed by atoms with van der Waals surface area (Å²) < 4.78 is 40.0. The third-order valence-corrected chi connectivity index (χ3v) is 3.65. The van der Waals surface area contributed by atoms with E-state index in [1.54, 1.807) is 24.3 Å². The molecule has 2 nitrogen and oxygen atoms in total. The van der Waals surface area contributed by atoms with E-state index in [-0.39, 0.29) is 6.42 Å². The van der Waals surface area contributed by atoms with Gasteiger partial charge in [-0.25, -0.2) is 0 Å². The number of benzene rings is 1. The monoisotopic (exact) mass is 308 g/mol. The fourth-order valence-electron chi connectivity index (χ4n) is 1.97. The van der Waals surface area contributed by atoms with Gasteiger partial charge in [0.25, 0.3) is 0 Å². The van der Waals surface area contributed by atoms with Crippen molar-refractivity contribution < 1.29 is 13.2 Å². The van der Waals surface area contributed by atoms with Crippen LogP contribution in [0.25, 0.3) is 0 Å². The van der Waals surface area contributed by atoms with Crippen LogP contribution in [0.5, 0.6) is 0 Å². The largest absolute Gasteiger partial charge is 0.420 e. The van der Waals surface area contributed by atoms with Gasteiger partial charge >= 0.3 is 6.18 Å². The lowest BCUT2D eigenvalue weighted by molar-refractivity contribution is -0.199. The van der Waals surface area contributed by atoms with Crippen molar-refractivity contribution >= 4 is 15.9 Å². The van der Waals surface area contributed by atoms with E-state index in [4.69, 9.17) is 0 Å². The molecule has 0 saturated carbocycles. The molecule has 0 amide bonds. The summed E-state index contributed by atoms with van der Waals surface area (Å²) in [6.45, 7) is 0.647. The first-order chi connectivity index (χ1) is 7.95. The molecule has 17 heavy (non-hydrogen) atoms. The molecule has 0 radical (unpaired) electrons. The molecule has 0 unspecified atom stereocenters. The Labute approximate surface area is 106 Å². The summed E-state index contributed by atoms with van der Waals surface area (Å²) >= 11 is 3.27.